The Hall–Kier alpha value is -1.58. The summed E-state index contributed by atoms with van der Waals surface area (Å²) in [4.78, 5) is 21.6. The normalized spacial score (nSPS) is 9.86. The number of carbonyl (C=O) groups is 2. The van der Waals surface area contributed by atoms with Crippen LogP contribution in [0.1, 0.15) is 23.0 Å². The van der Waals surface area contributed by atoms with Gasteiger partial charge in [-0.15, -0.1) is 0 Å². The maximum Gasteiger partial charge on any atom is 0.310 e. The predicted molar refractivity (Wildman–Crippen MR) is 51.1 cm³/mol. The highest BCUT2D eigenvalue weighted by Crippen LogP contribution is 2.06. The standard InChI is InChI=1S/C10H13NO3/c1-3-14-10(13)5-8-4-9(7-12)11(2)6-8/h4,6-7H,3,5H2,1-2H3. The number of esters is 1. The summed E-state index contributed by atoms with van der Waals surface area (Å²) in [7, 11) is 1.76. The van der Waals surface area contributed by atoms with Gasteiger partial charge in [-0.25, -0.2) is 0 Å². The predicted octanol–water partition coefficient (Wildman–Crippen LogP) is 0.943. The van der Waals surface area contributed by atoms with Gasteiger partial charge in [-0.05, 0) is 18.6 Å². The Balaban J connectivity index is 2.68. The van der Waals surface area contributed by atoms with Crippen molar-refractivity contribution >= 4 is 12.3 Å². The molecule has 4 nitrogen and oxygen atoms in total. The van der Waals surface area contributed by atoms with E-state index in [-0.39, 0.29) is 12.4 Å². The van der Waals surface area contributed by atoms with Crippen LogP contribution in [0, 0.1) is 0 Å². The fourth-order valence-electron chi connectivity index (χ4n) is 1.24. The molecule has 1 aromatic heterocycles. The molecule has 0 saturated carbocycles. The summed E-state index contributed by atoms with van der Waals surface area (Å²) >= 11 is 0. The minimum atomic E-state index is -0.268. The second kappa shape index (κ2) is 4.60. The number of aldehydes is 1. The van der Waals surface area contributed by atoms with Crippen LogP contribution < -0.4 is 0 Å². The molecule has 0 aromatic carbocycles. The van der Waals surface area contributed by atoms with Crippen LogP contribution >= 0.6 is 0 Å². The summed E-state index contributed by atoms with van der Waals surface area (Å²) in [6.07, 6.45) is 2.73. The third kappa shape index (κ3) is 2.45. The molecule has 4 heteroatoms. The quantitative estimate of drug-likeness (QED) is 0.530. The molecule has 0 aliphatic heterocycles. The van der Waals surface area contributed by atoms with E-state index in [2.05, 4.69) is 0 Å². The van der Waals surface area contributed by atoms with Gasteiger partial charge in [0.15, 0.2) is 6.29 Å². The van der Waals surface area contributed by atoms with Gasteiger partial charge in [0.1, 0.15) is 0 Å². The SMILES string of the molecule is CCOC(=O)Cc1cc(C=O)n(C)c1. The average molecular weight is 195 g/mol. The Morgan fingerprint density at radius 2 is 2.36 bits per heavy atom. The number of rotatable bonds is 4. The lowest BCUT2D eigenvalue weighted by atomic mass is 10.2. The van der Waals surface area contributed by atoms with Crippen LogP contribution in [0.25, 0.3) is 0 Å². The number of carbonyl (C=O) groups excluding carboxylic acids is 2. The Bertz CT molecular complexity index is 341. The molecule has 14 heavy (non-hydrogen) atoms. The highest BCUT2D eigenvalue weighted by molar-refractivity contribution is 5.76. The zero-order chi connectivity index (χ0) is 10.6. The summed E-state index contributed by atoms with van der Waals surface area (Å²) < 4.78 is 6.47. The van der Waals surface area contributed by atoms with Gasteiger partial charge in [0.05, 0.1) is 18.7 Å². The molecular weight excluding hydrogens is 182 g/mol. The van der Waals surface area contributed by atoms with Crippen molar-refractivity contribution in [3.8, 4) is 0 Å². The molecule has 1 rings (SSSR count). The van der Waals surface area contributed by atoms with Gasteiger partial charge in [0.2, 0.25) is 0 Å². The molecule has 76 valence electrons. The van der Waals surface area contributed by atoms with Crippen molar-refractivity contribution in [3.63, 3.8) is 0 Å². The average Bonchev–Trinajstić information content (AvgIpc) is 2.46. The smallest absolute Gasteiger partial charge is 0.310 e. The van der Waals surface area contributed by atoms with E-state index in [1.807, 2.05) is 0 Å². The first-order chi connectivity index (χ1) is 6.67. The minimum Gasteiger partial charge on any atom is -0.466 e. The second-order valence-electron chi connectivity index (χ2n) is 2.98. The molecule has 0 spiro atoms. The minimum absolute atomic E-state index is 0.218. The first-order valence-corrected chi connectivity index (χ1v) is 4.43. The number of ether oxygens (including phenoxy) is 1. The van der Waals surface area contributed by atoms with Crippen LogP contribution in [0.4, 0.5) is 0 Å². The maximum absolute atomic E-state index is 11.1. The lowest BCUT2D eigenvalue weighted by Gasteiger charge is -1.98. The fourth-order valence-corrected chi connectivity index (χ4v) is 1.24. The molecule has 0 N–H and O–H groups in total. The molecule has 0 amide bonds. The molecule has 0 radical (unpaired) electrons. The first kappa shape index (κ1) is 10.5. The first-order valence-electron chi connectivity index (χ1n) is 4.43. The number of hydrogen-bond donors (Lipinski definition) is 0. The van der Waals surface area contributed by atoms with Crippen molar-refractivity contribution in [2.45, 2.75) is 13.3 Å². The van der Waals surface area contributed by atoms with Gasteiger partial charge in [-0.3, -0.25) is 9.59 Å². The summed E-state index contributed by atoms with van der Waals surface area (Å²) in [6, 6.07) is 1.68. The Kier molecular flexibility index (Phi) is 3.45. The van der Waals surface area contributed by atoms with E-state index < -0.39 is 0 Å². The largest absolute Gasteiger partial charge is 0.466 e. The molecule has 0 aliphatic rings. The lowest BCUT2D eigenvalue weighted by Crippen LogP contribution is -2.06. The van der Waals surface area contributed by atoms with Gasteiger partial charge >= 0.3 is 5.97 Å². The summed E-state index contributed by atoms with van der Waals surface area (Å²) in [5.41, 5.74) is 1.36. The summed E-state index contributed by atoms with van der Waals surface area (Å²) in [5.74, 6) is -0.268. The van der Waals surface area contributed by atoms with Crippen molar-refractivity contribution in [1.29, 1.82) is 0 Å². The van der Waals surface area contributed by atoms with Crippen LogP contribution in [-0.2, 0) is 23.0 Å². The van der Waals surface area contributed by atoms with Crippen molar-refractivity contribution < 1.29 is 14.3 Å². The number of aromatic nitrogens is 1. The molecule has 0 bridgehead atoms. The highest BCUT2D eigenvalue weighted by atomic mass is 16.5. The molecule has 0 unspecified atom stereocenters. The summed E-state index contributed by atoms with van der Waals surface area (Å²) in [5, 5.41) is 0. The number of hydrogen-bond acceptors (Lipinski definition) is 3. The highest BCUT2D eigenvalue weighted by Gasteiger charge is 2.07. The monoisotopic (exact) mass is 195 g/mol. The Labute approximate surface area is 82.5 Å². The number of aryl methyl sites for hydroxylation is 1. The van der Waals surface area contributed by atoms with Gasteiger partial charge in [0.25, 0.3) is 0 Å². The maximum atomic E-state index is 11.1. The zero-order valence-corrected chi connectivity index (χ0v) is 8.32. The molecule has 0 atom stereocenters. The van der Waals surface area contributed by atoms with Gasteiger partial charge < -0.3 is 9.30 Å². The molecular formula is C10H13NO3. The van der Waals surface area contributed by atoms with Crippen molar-refractivity contribution in [1.82, 2.24) is 4.57 Å². The molecule has 1 aromatic rings. The van der Waals surface area contributed by atoms with Crippen LogP contribution in [0.3, 0.4) is 0 Å². The molecule has 0 fully saturated rings. The number of nitrogens with zero attached hydrogens (tertiary/aromatic N) is 1. The van der Waals surface area contributed by atoms with Crippen LogP contribution in [0.2, 0.25) is 0 Å². The third-order valence-electron chi connectivity index (χ3n) is 1.87. The van der Waals surface area contributed by atoms with Gasteiger partial charge in [-0.1, -0.05) is 0 Å². The van der Waals surface area contributed by atoms with Crippen molar-refractivity contribution in [2.75, 3.05) is 6.61 Å². The van der Waals surface area contributed by atoms with E-state index in [4.69, 9.17) is 4.74 Å². The third-order valence-corrected chi connectivity index (χ3v) is 1.87. The van der Waals surface area contributed by atoms with E-state index in [0.29, 0.717) is 12.3 Å². The van der Waals surface area contributed by atoms with E-state index in [1.54, 1.807) is 30.8 Å². The zero-order valence-electron chi connectivity index (χ0n) is 8.32. The van der Waals surface area contributed by atoms with E-state index in [9.17, 15) is 9.59 Å². The van der Waals surface area contributed by atoms with E-state index >= 15 is 0 Å². The second-order valence-corrected chi connectivity index (χ2v) is 2.98. The molecule has 0 aliphatic carbocycles. The van der Waals surface area contributed by atoms with Gasteiger partial charge in [-0.2, -0.15) is 0 Å². The van der Waals surface area contributed by atoms with Crippen LogP contribution in [0.5, 0.6) is 0 Å². The van der Waals surface area contributed by atoms with Crippen LogP contribution in [0.15, 0.2) is 12.3 Å². The van der Waals surface area contributed by atoms with E-state index in [0.717, 1.165) is 11.8 Å². The molecule has 0 saturated heterocycles. The topological polar surface area (TPSA) is 48.3 Å². The van der Waals surface area contributed by atoms with Crippen molar-refractivity contribution in [3.05, 3.63) is 23.5 Å². The van der Waals surface area contributed by atoms with Crippen molar-refractivity contribution in [2.24, 2.45) is 7.05 Å². The summed E-state index contributed by atoms with van der Waals surface area (Å²) in [6.45, 7) is 2.14. The molecule has 1 heterocycles. The Morgan fingerprint density at radius 3 is 2.86 bits per heavy atom. The van der Waals surface area contributed by atoms with E-state index in [1.165, 1.54) is 0 Å². The van der Waals surface area contributed by atoms with Crippen LogP contribution in [-0.4, -0.2) is 23.4 Å². The van der Waals surface area contributed by atoms with Gasteiger partial charge in [0, 0.05) is 13.2 Å². The lowest BCUT2D eigenvalue weighted by molar-refractivity contribution is -0.142. The fraction of sp³-hybridized carbons (Fsp3) is 0.400. The Morgan fingerprint density at radius 1 is 1.64 bits per heavy atom.